The van der Waals surface area contributed by atoms with Crippen LogP contribution in [0, 0.1) is 0 Å². The minimum Gasteiger partial charge on any atom is -0.483 e. The lowest BCUT2D eigenvalue weighted by atomic mass is 9.93. The second-order valence-electron chi connectivity index (χ2n) is 3.53. The Bertz CT molecular complexity index is 247. The highest BCUT2D eigenvalue weighted by Crippen LogP contribution is 2.44. The molecule has 10 heavy (non-hydrogen) atoms. The van der Waals surface area contributed by atoms with Crippen molar-refractivity contribution in [2.45, 2.75) is 32.8 Å². The van der Waals surface area contributed by atoms with Crippen molar-refractivity contribution >= 4 is 0 Å². The minimum absolute atomic E-state index is 0.0174. The molecule has 2 rings (SSSR count). The largest absolute Gasteiger partial charge is 0.483 e. The fraction of sp³-hybridized carbons (Fsp3) is 0.556. The number of allylic oxidation sites excluding steroid dienone is 1. The summed E-state index contributed by atoms with van der Waals surface area (Å²) in [6, 6.07) is 0. The number of ether oxygens (including phenoxy) is 1. The maximum atomic E-state index is 5.67. The first-order chi connectivity index (χ1) is 4.61. The smallest absolute Gasteiger partial charge is 0.129 e. The van der Waals surface area contributed by atoms with Crippen LogP contribution in [0.3, 0.4) is 0 Å². The molecule has 1 heteroatoms. The molecule has 0 spiro atoms. The third-order valence-electron chi connectivity index (χ3n) is 2.22. The van der Waals surface area contributed by atoms with Crippen LogP contribution in [-0.2, 0) is 4.74 Å². The summed E-state index contributed by atoms with van der Waals surface area (Å²) in [4.78, 5) is 0. The summed E-state index contributed by atoms with van der Waals surface area (Å²) >= 11 is 0. The molecular weight excluding hydrogens is 124 g/mol. The predicted octanol–water partition coefficient (Wildman–Crippen LogP) is 2.40. The molecule has 0 saturated carbocycles. The molecule has 54 valence electrons. The van der Waals surface area contributed by atoms with Crippen LogP contribution in [0.1, 0.15) is 27.2 Å². The summed E-state index contributed by atoms with van der Waals surface area (Å²) in [6.07, 6.45) is 3.30. The molecule has 0 N–H and O–H groups in total. The summed E-state index contributed by atoms with van der Waals surface area (Å²) < 4.78 is 5.67. The fourth-order valence-electron chi connectivity index (χ4n) is 1.98. The molecule has 0 fully saturated rings. The Balaban J connectivity index is 2.50. The van der Waals surface area contributed by atoms with Crippen LogP contribution in [0.25, 0.3) is 0 Å². The second kappa shape index (κ2) is 1.47. The van der Waals surface area contributed by atoms with Gasteiger partial charge in [-0.05, 0) is 38.0 Å². The Morgan fingerprint density at radius 3 is 2.50 bits per heavy atom. The van der Waals surface area contributed by atoms with Crippen molar-refractivity contribution in [1.29, 1.82) is 0 Å². The van der Waals surface area contributed by atoms with Crippen LogP contribution in [0.15, 0.2) is 23.0 Å². The van der Waals surface area contributed by atoms with Gasteiger partial charge in [0.15, 0.2) is 0 Å². The van der Waals surface area contributed by atoms with E-state index in [1.54, 1.807) is 0 Å². The van der Waals surface area contributed by atoms with Gasteiger partial charge in [0.1, 0.15) is 11.4 Å². The van der Waals surface area contributed by atoms with Crippen molar-refractivity contribution in [2.75, 3.05) is 0 Å². The standard InChI is InChI=1S/C9H12O/c1-6-4-9(3)5-7(2)8(6)10-9/h4H,5H2,1-3H3. The lowest BCUT2D eigenvalue weighted by Gasteiger charge is -2.15. The van der Waals surface area contributed by atoms with E-state index in [4.69, 9.17) is 4.74 Å². The van der Waals surface area contributed by atoms with Gasteiger partial charge < -0.3 is 4.74 Å². The van der Waals surface area contributed by atoms with E-state index in [0.29, 0.717) is 0 Å². The van der Waals surface area contributed by atoms with Gasteiger partial charge in [-0.3, -0.25) is 0 Å². The van der Waals surface area contributed by atoms with Crippen molar-refractivity contribution in [3.05, 3.63) is 23.0 Å². The highest BCUT2D eigenvalue weighted by atomic mass is 16.5. The maximum absolute atomic E-state index is 5.67. The van der Waals surface area contributed by atoms with Gasteiger partial charge in [-0.1, -0.05) is 0 Å². The molecule has 1 atom stereocenters. The van der Waals surface area contributed by atoms with Crippen molar-refractivity contribution in [3.8, 4) is 0 Å². The molecular formula is C9H12O. The van der Waals surface area contributed by atoms with E-state index in [0.717, 1.165) is 12.2 Å². The van der Waals surface area contributed by atoms with Gasteiger partial charge in [-0.15, -0.1) is 0 Å². The molecule has 0 aromatic heterocycles. The van der Waals surface area contributed by atoms with Gasteiger partial charge in [0.25, 0.3) is 0 Å². The number of fused-ring (bicyclic) bond motifs is 2. The molecule has 2 heterocycles. The summed E-state index contributed by atoms with van der Waals surface area (Å²) in [5.74, 6) is 1.14. The predicted molar refractivity (Wildman–Crippen MR) is 40.6 cm³/mol. The quantitative estimate of drug-likeness (QED) is 0.497. The molecule has 0 aliphatic carbocycles. The Labute approximate surface area is 61.4 Å². The van der Waals surface area contributed by atoms with E-state index in [2.05, 4.69) is 26.8 Å². The van der Waals surface area contributed by atoms with E-state index in [1.165, 1.54) is 11.1 Å². The van der Waals surface area contributed by atoms with Crippen molar-refractivity contribution < 1.29 is 4.74 Å². The molecule has 0 aromatic carbocycles. The van der Waals surface area contributed by atoms with Crippen molar-refractivity contribution in [1.82, 2.24) is 0 Å². The van der Waals surface area contributed by atoms with E-state index < -0.39 is 0 Å². The average Bonchev–Trinajstić information content (AvgIpc) is 2.17. The Morgan fingerprint density at radius 2 is 2.20 bits per heavy atom. The number of hydrogen-bond acceptors (Lipinski definition) is 1. The fourth-order valence-corrected chi connectivity index (χ4v) is 1.98. The van der Waals surface area contributed by atoms with Crippen molar-refractivity contribution in [3.63, 3.8) is 0 Å². The van der Waals surface area contributed by atoms with Crippen LogP contribution < -0.4 is 0 Å². The van der Waals surface area contributed by atoms with Gasteiger partial charge in [-0.25, -0.2) is 0 Å². The minimum atomic E-state index is 0.0174. The summed E-state index contributed by atoms with van der Waals surface area (Å²) in [7, 11) is 0. The third kappa shape index (κ3) is 0.578. The molecule has 1 nitrogen and oxygen atoms in total. The maximum Gasteiger partial charge on any atom is 0.129 e. The van der Waals surface area contributed by atoms with Crippen LogP contribution in [-0.4, -0.2) is 5.60 Å². The van der Waals surface area contributed by atoms with Crippen LogP contribution >= 0.6 is 0 Å². The third-order valence-corrected chi connectivity index (χ3v) is 2.22. The second-order valence-corrected chi connectivity index (χ2v) is 3.53. The SMILES string of the molecule is CC1=CC2(C)CC(C)=C1O2. The monoisotopic (exact) mass is 136 g/mol. The van der Waals surface area contributed by atoms with E-state index in [9.17, 15) is 0 Å². The topological polar surface area (TPSA) is 9.23 Å². The Morgan fingerprint density at radius 1 is 1.50 bits per heavy atom. The van der Waals surface area contributed by atoms with E-state index in [1.807, 2.05) is 0 Å². The zero-order valence-electron chi connectivity index (χ0n) is 6.69. The summed E-state index contributed by atoms with van der Waals surface area (Å²) in [5.41, 5.74) is 2.73. The number of rotatable bonds is 0. The highest BCUT2D eigenvalue weighted by Gasteiger charge is 2.39. The average molecular weight is 136 g/mol. The van der Waals surface area contributed by atoms with Gasteiger partial charge in [0, 0.05) is 6.42 Å². The Hall–Kier alpha value is -0.720. The molecule has 2 aliphatic heterocycles. The first-order valence-corrected chi connectivity index (χ1v) is 3.69. The molecule has 0 radical (unpaired) electrons. The zero-order chi connectivity index (χ0) is 7.35. The Kier molecular flexibility index (Phi) is 0.885. The van der Waals surface area contributed by atoms with Crippen molar-refractivity contribution in [2.24, 2.45) is 0 Å². The van der Waals surface area contributed by atoms with Crippen LogP contribution in [0.2, 0.25) is 0 Å². The van der Waals surface area contributed by atoms with Gasteiger partial charge >= 0.3 is 0 Å². The molecule has 0 amide bonds. The first-order valence-electron chi connectivity index (χ1n) is 3.69. The summed E-state index contributed by atoms with van der Waals surface area (Å²) in [6.45, 7) is 6.40. The zero-order valence-corrected chi connectivity index (χ0v) is 6.69. The first kappa shape index (κ1) is 6.02. The lowest BCUT2D eigenvalue weighted by Crippen LogP contribution is -2.17. The lowest BCUT2D eigenvalue weighted by molar-refractivity contribution is 0.111. The molecule has 1 unspecified atom stereocenters. The normalized spacial score (nSPS) is 36.5. The van der Waals surface area contributed by atoms with Crippen LogP contribution in [0.4, 0.5) is 0 Å². The molecule has 0 saturated heterocycles. The molecule has 2 bridgehead atoms. The van der Waals surface area contributed by atoms with E-state index in [-0.39, 0.29) is 5.60 Å². The number of hydrogen-bond donors (Lipinski definition) is 0. The van der Waals surface area contributed by atoms with Gasteiger partial charge in [-0.2, -0.15) is 0 Å². The molecule has 0 aromatic rings. The van der Waals surface area contributed by atoms with Crippen LogP contribution in [0.5, 0.6) is 0 Å². The molecule has 2 aliphatic rings. The highest BCUT2D eigenvalue weighted by molar-refractivity contribution is 5.42. The van der Waals surface area contributed by atoms with E-state index >= 15 is 0 Å². The van der Waals surface area contributed by atoms with Gasteiger partial charge in [0.05, 0.1) is 0 Å². The summed E-state index contributed by atoms with van der Waals surface area (Å²) in [5, 5.41) is 0. The van der Waals surface area contributed by atoms with Gasteiger partial charge in [0.2, 0.25) is 0 Å².